The largest absolute Gasteiger partial charge is 0.335 e. The number of rotatable bonds is 2. The van der Waals surface area contributed by atoms with Crippen LogP contribution < -0.4 is 0 Å². The molecule has 0 bridgehead atoms. The molecule has 0 saturated carbocycles. The Bertz CT molecular complexity index is 424. The maximum absolute atomic E-state index is 13.2. The Labute approximate surface area is 115 Å². The van der Waals surface area contributed by atoms with Crippen LogP contribution >= 0.6 is 15.9 Å². The second-order valence-electron chi connectivity index (χ2n) is 4.67. The number of halogens is 2. The Kier molecular flexibility index (Phi) is 4.75. The van der Waals surface area contributed by atoms with Gasteiger partial charge in [-0.25, -0.2) is 4.39 Å². The number of alkyl halides is 1. The molecule has 98 valence electrons. The third-order valence-electron chi connectivity index (χ3n) is 3.39. The van der Waals surface area contributed by atoms with Gasteiger partial charge in [0.25, 0.3) is 5.91 Å². The number of nitrogens with zero attached hydrogens (tertiary/aromatic N) is 1. The van der Waals surface area contributed by atoms with E-state index in [9.17, 15) is 9.18 Å². The first-order valence-electron chi connectivity index (χ1n) is 6.35. The van der Waals surface area contributed by atoms with Gasteiger partial charge in [0.15, 0.2) is 0 Å². The van der Waals surface area contributed by atoms with Crippen LogP contribution in [0, 0.1) is 5.82 Å². The monoisotopic (exact) mass is 313 g/mol. The van der Waals surface area contributed by atoms with Gasteiger partial charge in [-0.2, -0.15) is 0 Å². The zero-order chi connectivity index (χ0) is 13.0. The molecule has 2 rings (SSSR count). The fourth-order valence-electron chi connectivity index (χ4n) is 2.39. The normalized spacial score (nSPS) is 20.6. The highest BCUT2D eigenvalue weighted by atomic mass is 79.9. The lowest BCUT2D eigenvalue weighted by molar-refractivity contribution is 0.0702. The molecule has 0 N–H and O–H groups in total. The van der Waals surface area contributed by atoms with Crippen LogP contribution in [0.2, 0.25) is 0 Å². The van der Waals surface area contributed by atoms with Gasteiger partial charge in [0, 0.05) is 23.5 Å². The number of benzene rings is 1. The molecule has 4 heteroatoms. The zero-order valence-electron chi connectivity index (χ0n) is 10.2. The van der Waals surface area contributed by atoms with Gasteiger partial charge < -0.3 is 4.90 Å². The van der Waals surface area contributed by atoms with Gasteiger partial charge in [-0.15, -0.1) is 0 Å². The van der Waals surface area contributed by atoms with E-state index >= 15 is 0 Å². The molecule has 1 unspecified atom stereocenters. The minimum absolute atomic E-state index is 0.0548. The van der Waals surface area contributed by atoms with Crippen molar-refractivity contribution in [2.24, 2.45) is 0 Å². The molecule has 1 amide bonds. The Balaban J connectivity index is 2.19. The second kappa shape index (κ2) is 6.32. The van der Waals surface area contributed by atoms with Crippen LogP contribution in [-0.4, -0.2) is 28.7 Å². The van der Waals surface area contributed by atoms with Gasteiger partial charge in [0.1, 0.15) is 5.82 Å². The average Bonchev–Trinajstić information content (AvgIpc) is 2.62. The fraction of sp³-hybridized carbons (Fsp3) is 0.500. The van der Waals surface area contributed by atoms with E-state index in [1.54, 1.807) is 12.1 Å². The Morgan fingerprint density at radius 2 is 2.22 bits per heavy atom. The standard InChI is InChI=1S/C14H17BrFNO/c15-10-13-7-2-1-3-8-17(13)14(18)11-5-4-6-12(16)9-11/h4-6,9,13H,1-3,7-8,10H2. The summed E-state index contributed by atoms with van der Waals surface area (Å²) in [5, 5.41) is 0.786. The Morgan fingerprint density at radius 3 is 2.94 bits per heavy atom. The highest BCUT2D eigenvalue weighted by Crippen LogP contribution is 2.21. The summed E-state index contributed by atoms with van der Waals surface area (Å²) < 4.78 is 13.2. The van der Waals surface area contributed by atoms with Crippen LogP contribution in [-0.2, 0) is 0 Å². The van der Waals surface area contributed by atoms with Crippen molar-refractivity contribution in [2.45, 2.75) is 31.7 Å². The van der Waals surface area contributed by atoms with Crippen molar-refractivity contribution in [3.8, 4) is 0 Å². The molecule has 1 heterocycles. The first-order valence-corrected chi connectivity index (χ1v) is 7.47. The summed E-state index contributed by atoms with van der Waals surface area (Å²) in [6.07, 6.45) is 4.37. The van der Waals surface area contributed by atoms with Crippen molar-refractivity contribution in [3.05, 3.63) is 35.6 Å². The van der Waals surface area contributed by atoms with E-state index in [0.717, 1.165) is 37.6 Å². The van der Waals surface area contributed by atoms with E-state index in [1.165, 1.54) is 12.1 Å². The molecule has 1 fully saturated rings. The molecular formula is C14H17BrFNO. The fourth-order valence-corrected chi connectivity index (χ4v) is 3.07. The lowest BCUT2D eigenvalue weighted by atomic mass is 10.1. The molecule has 0 aliphatic carbocycles. The minimum Gasteiger partial charge on any atom is -0.335 e. The van der Waals surface area contributed by atoms with Crippen molar-refractivity contribution in [1.29, 1.82) is 0 Å². The number of carbonyl (C=O) groups is 1. The van der Waals surface area contributed by atoms with E-state index in [0.29, 0.717) is 5.56 Å². The third kappa shape index (κ3) is 3.10. The van der Waals surface area contributed by atoms with Gasteiger partial charge >= 0.3 is 0 Å². The molecule has 1 aromatic carbocycles. The molecule has 0 spiro atoms. The van der Waals surface area contributed by atoms with Crippen LogP contribution in [0.15, 0.2) is 24.3 Å². The van der Waals surface area contributed by atoms with Gasteiger partial charge in [-0.3, -0.25) is 4.79 Å². The van der Waals surface area contributed by atoms with Crippen LogP contribution in [0.1, 0.15) is 36.0 Å². The summed E-state index contributed by atoms with van der Waals surface area (Å²) in [5.74, 6) is -0.410. The number of carbonyl (C=O) groups excluding carboxylic acids is 1. The molecule has 1 atom stereocenters. The van der Waals surface area contributed by atoms with Crippen molar-refractivity contribution in [1.82, 2.24) is 4.90 Å². The molecule has 18 heavy (non-hydrogen) atoms. The topological polar surface area (TPSA) is 20.3 Å². The molecule has 1 saturated heterocycles. The second-order valence-corrected chi connectivity index (χ2v) is 5.31. The highest BCUT2D eigenvalue weighted by molar-refractivity contribution is 9.09. The predicted octanol–water partition coefficient (Wildman–Crippen LogP) is 3.61. The van der Waals surface area contributed by atoms with Crippen LogP contribution in [0.5, 0.6) is 0 Å². The van der Waals surface area contributed by atoms with Gasteiger partial charge in [0.2, 0.25) is 0 Å². The van der Waals surface area contributed by atoms with E-state index in [4.69, 9.17) is 0 Å². The van der Waals surface area contributed by atoms with Crippen molar-refractivity contribution in [3.63, 3.8) is 0 Å². The smallest absolute Gasteiger partial charge is 0.254 e. The van der Waals surface area contributed by atoms with Gasteiger partial charge in [-0.1, -0.05) is 34.8 Å². The molecule has 1 aromatic rings. The van der Waals surface area contributed by atoms with Crippen molar-refractivity contribution < 1.29 is 9.18 Å². The number of likely N-dealkylation sites (tertiary alicyclic amines) is 1. The zero-order valence-corrected chi connectivity index (χ0v) is 11.8. The summed E-state index contributed by atoms with van der Waals surface area (Å²) >= 11 is 3.47. The van der Waals surface area contributed by atoms with Crippen molar-refractivity contribution >= 4 is 21.8 Å². The van der Waals surface area contributed by atoms with Gasteiger partial charge in [-0.05, 0) is 31.0 Å². The predicted molar refractivity (Wildman–Crippen MR) is 73.5 cm³/mol. The summed E-state index contributed by atoms with van der Waals surface area (Å²) in [6, 6.07) is 6.17. The first kappa shape index (κ1) is 13.5. The number of hydrogen-bond donors (Lipinski definition) is 0. The molecule has 2 nitrogen and oxygen atoms in total. The molecule has 0 aromatic heterocycles. The first-order chi connectivity index (χ1) is 8.72. The highest BCUT2D eigenvalue weighted by Gasteiger charge is 2.25. The minimum atomic E-state index is -0.355. The van der Waals surface area contributed by atoms with Crippen LogP contribution in [0.25, 0.3) is 0 Å². The van der Waals surface area contributed by atoms with Crippen molar-refractivity contribution in [2.75, 3.05) is 11.9 Å². The Hall–Kier alpha value is -0.900. The maximum atomic E-state index is 13.2. The maximum Gasteiger partial charge on any atom is 0.254 e. The Morgan fingerprint density at radius 1 is 1.39 bits per heavy atom. The third-order valence-corrected chi connectivity index (χ3v) is 4.14. The lowest BCUT2D eigenvalue weighted by Gasteiger charge is -2.28. The number of hydrogen-bond acceptors (Lipinski definition) is 1. The van der Waals surface area contributed by atoms with Crippen LogP contribution in [0.4, 0.5) is 4.39 Å². The number of amides is 1. The van der Waals surface area contributed by atoms with Crippen LogP contribution in [0.3, 0.4) is 0 Å². The SMILES string of the molecule is O=C(c1cccc(F)c1)N1CCCCCC1CBr. The van der Waals surface area contributed by atoms with E-state index in [1.807, 2.05) is 4.90 Å². The molecule has 0 radical (unpaired) electrons. The quantitative estimate of drug-likeness (QED) is 0.764. The molecular weight excluding hydrogens is 297 g/mol. The summed E-state index contributed by atoms with van der Waals surface area (Å²) in [5.41, 5.74) is 0.447. The summed E-state index contributed by atoms with van der Waals surface area (Å²) in [4.78, 5) is 14.3. The summed E-state index contributed by atoms with van der Waals surface area (Å²) in [7, 11) is 0. The van der Waals surface area contributed by atoms with Gasteiger partial charge in [0.05, 0.1) is 0 Å². The molecule has 1 aliphatic heterocycles. The lowest BCUT2D eigenvalue weighted by Crippen LogP contribution is -2.41. The van der Waals surface area contributed by atoms with E-state index < -0.39 is 0 Å². The van der Waals surface area contributed by atoms with E-state index in [-0.39, 0.29) is 17.8 Å². The summed E-state index contributed by atoms with van der Waals surface area (Å²) in [6.45, 7) is 0.769. The van der Waals surface area contributed by atoms with E-state index in [2.05, 4.69) is 15.9 Å². The molecule has 1 aliphatic rings. The average molecular weight is 314 g/mol.